The maximum atomic E-state index is 12.5. The van der Waals surface area contributed by atoms with E-state index >= 15 is 0 Å². The highest BCUT2D eigenvalue weighted by Crippen LogP contribution is 2.21. The summed E-state index contributed by atoms with van der Waals surface area (Å²) >= 11 is 0. The molecule has 1 heterocycles. The summed E-state index contributed by atoms with van der Waals surface area (Å²) in [5, 5.41) is 6.93. The van der Waals surface area contributed by atoms with Crippen molar-refractivity contribution in [2.45, 2.75) is 13.5 Å². The molecule has 1 aromatic heterocycles. The molecule has 0 aliphatic rings. The van der Waals surface area contributed by atoms with Crippen LogP contribution in [0.5, 0.6) is 5.75 Å². The van der Waals surface area contributed by atoms with Crippen molar-refractivity contribution >= 4 is 11.7 Å². The zero-order valence-corrected chi connectivity index (χ0v) is 13.7. The van der Waals surface area contributed by atoms with E-state index in [1.807, 2.05) is 37.3 Å². The van der Waals surface area contributed by atoms with Crippen molar-refractivity contribution in [2.24, 2.45) is 7.05 Å². The maximum Gasteiger partial charge on any atom is 0.260 e. The van der Waals surface area contributed by atoms with Gasteiger partial charge in [0.2, 0.25) is 0 Å². The van der Waals surface area contributed by atoms with Gasteiger partial charge in [0.15, 0.2) is 5.82 Å². The second-order valence-corrected chi connectivity index (χ2v) is 5.60. The number of ether oxygens (including phenoxy) is 1. The van der Waals surface area contributed by atoms with Gasteiger partial charge in [0.1, 0.15) is 12.4 Å². The van der Waals surface area contributed by atoms with Gasteiger partial charge in [-0.25, -0.2) is 0 Å². The summed E-state index contributed by atoms with van der Waals surface area (Å²) < 4.78 is 7.49. The number of nitrogens with one attached hydrogen (secondary N) is 1. The van der Waals surface area contributed by atoms with Crippen molar-refractivity contribution in [1.29, 1.82) is 0 Å². The lowest BCUT2D eigenvalue weighted by atomic mass is 10.1. The molecule has 0 saturated heterocycles. The molecular weight excluding hydrogens is 302 g/mol. The van der Waals surface area contributed by atoms with Crippen molar-refractivity contribution in [3.63, 3.8) is 0 Å². The van der Waals surface area contributed by atoms with Gasteiger partial charge in [0, 0.05) is 19.3 Å². The SMILES string of the molecule is Cc1cccc(COc2ccccc2C(=O)Nc2ccn(C)n2)c1. The molecule has 5 heteroatoms. The van der Waals surface area contributed by atoms with Gasteiger partial charge in [0.25, 0.3) is 5.91 Å². The number of anilines is 1. The third-order valence-corrected chi connectivity index (χ3v) is 3.56. The third kappa shape index (κ3) is 3.81. The highest BCUT2D eigenvalue weighted by molar-refractivity contribution is 6.05. The van der Waals surface area contributed by atoms with Gasteiger partial charge in [-0.2, -0.15) is 5.10 Å². The second-order valence-electron chi connectivity index (χ2n) is 5.60. The predicted molar refractivity (Wildman–Crippen MR) is 93.1 cm³/mol. The van der Waals surface area contributed by atoms with Crippen LogP contribution in [0.3, 0.4) is 0 Å². The van der Waals surface area contributed by atoms with E-state index in [1.165, 1.54) is 5.56 Å². The number of amides is 1. The highest BCUT2D eigenvalue weighted by atomic mass is 16.5. The first-order valence-corrected chi connectivity index (χ1v) is 7.70. The lowest BCUT2D eigenvalue weighted by Gasteiger charge is -2.11. The van der Waals surface area contributed by atoms with Crippen LogP contribution in [-0.2, 0) is 13.7 Å². The van der Waals surface area contributed by atoms with Crippen molar-refractivity contribution in [3.8, 4) is 5.75 Å². The highest BCUT2D eigenvalue weighted by Gasteiger charge is 2.13. The maximum absolute atomic E-state index is 12.5. The minimum absolute atomic E-state index is 0.242. The van der Waals surface area contributed by atoms with Crippen LogP contribution >= 0.6 is 0 Å². The first kappa shape index (κ1) is 15.8. The molecule has 3 aromatic rings. The van der Waals surface area contributed by atoms with Crippen LogP contribution in [0.15, 0.2) is 60.8 Å². The van der Waals surface area contributed by atoms with Gasteiger partial charge in [0.05, 0.1) is 5.56 Å². The summed E-state index contributed by atoms with van der Waals surface area (Å²) in [7, 11) is 1.80. The van der Waals surface area contributed by atoms with Gasteiger partial charge in [-0.1, -0.05) is 42.0 Å². The summed E-state index contributed by atoms with van der Waals surface area (Å²) in [5.74, 6) is 0.817. The summed E-state index contributed by atoms with van der Waals surface area (Å²) in [6.07, 6.45) is 1.77. The smallest absolute Gasteiger partial charge is 0.260 e. The Hall–Kier alpha value is -3.08. The summed E-state index contributed by atoms with van der Waals surface area (Å²) in [6.45, 7) is 2.45. The number of carbonyl (C=O) groups is 1. The first-order valence-electron chi connectivity index (χ1n) is 7.70. The molecule has 0 aliphatic heterocycles. The van der Waals surface area contributed by atoms with Crippen LogP contribution in [0.2, 0.25) is 0 Å². The fraction of sp³-hybridized carbons (Fsp3) is 0.158. The number of aromatic nitrogens is 2. The quantitative estimate of drug-likeness (QED) is 0.782. The van der Waals surface area contributed by atoms with Crippen LogP contribution in [0.25, 0.3) is 0 Å². The average molecular weight is 321 g/mol. The van der Waals surface area contributed by atoms with E-state index in [1.54, 1.807) is 36.1 Å². The van der Waals surface area contributed by atoms with E-state index in [0.29, 0.717) is 23.7 Å². The van der Waals surface area contributed by atoms with Crippen LogP contribution in [-0.4, -0.2) is 15.7 Å². The molecular formula is C19H19N3O2. The van der Waals surface area contributed by atoms with Crippen LogP contribution in [0, 0.1) is 6.92 Å². The zero-order valence-electron chi connectivity index (χ0n) is 13.7. The summed E-state index contributed by atoms with van der Waals surface area (Å²) in [4.78, 5) is 12.5. The summed E-state index contributed by atoms with van der Waals surface area (Å²) in [6, 6.07) is 17.0. The topological polar surface area (TPSA) is 56.1 Å². The van der Waals surface area contributed by atoms with Crippen LogP contribution < -0.4 is 10.1 Å². The Balaban J connectivity index is 1.73. The predicted octanol–water partition coefficient (Wildman–Crippen LogP) is 3.56. The minimum Gasteiger partial charge on any atom is -0.488 e. The fourth-order valence-electron chi connectivity index (χ4n) is 2.41. The molecule has 5 nitrogen and oxygen atoms in total. The average Bonchev–Trinajstić information content (AvgIpc) is 2.98. The molecule has 24 heavy (non-hydrogen) atoms. The van der Waals surface area contributed by atoms with Crippen molar-refractivity contribution in [3.05, 3.63) is 77.5 Å². The molecule has 0 fully saturated rings. The molecule has 122 valence electrons. The Morgan fingerprint density at radius 2 is 2.00 bits per heavy atom. The van der Waals surface area contributed by atoms with E-state index < -0.39 is 0 Å². The number of rotatable bonds is 5. The molecule has 0 unspecified atom stereocenters. The molecule has 0 aliphatic carbocycles. The van der Waals surface area contributed by atoms with E-state index in [2.05, 4.69) is 16.5 Å². The second kappa shape index (κ2) is 7.00. The van der Waals surface area contributed by atoms with Crippen LogP contribution in [0.1, 0.15) is 21.5 Å². The van der Waals surface area contributed by atoms with Crippen molar-refractivity contribution in [2.75, 3.05) is 5.32 Å². The minimum atomic E-state index is -0.242. The number of benzene rings is 2. The Kier molecular flexibility index (Phi) is 4.61. The van der Waals surface area contributed by atoms with E-state index in [0.717, 1.165) is 5.56 Å². The fourth-order valence-corrected chi connectivity index (χ4v) is 2.41. The Labute approximate surface area is 140 Å². The first-order chi connectivity index (χ1) is 11.6. The lowest BCUT2D eigenvalue weighted by Crippen LogP contribution is -2.14. The largest absolute Gasteiger partial charge is 0.488 e. The number of para-hydroxylation sites is 1. The molecule has 0 spiro atoms. The molecule has 0 saturated carbocycles. The molecule has 1 amide bonds. The van der Waals surface area contributed by atoms with Crippen molar-refractivity contribution < 1.29 is 9.53 Å². The molecule has 0 bridgehead atoms. The normalized spacial score (nSPS) is 10.4. The molecule has 0 atom stereocenters. The monoisotopic (exact) mass is 321 g/mol. The van der Waals surface area contributed by atoms with Crippen molar-refractivity contribution in [1.82, 2.24) is 9.78 Å². The number of hydrogen-bond acceptors (Lipinski definition) is 3. The van der Waals surface area contributed by atoms with Gasteiger partial charge in [-0.05, 0) is 24.6 Å². The molecule has 0 radical (unpaired) electrons. The Bertz CT molecular complexity index is 855. The van der Waals surface area contributed by atoms with Gasteiger partial charge in [-0.15, -0.1) is 0 Å². The lowest BCUT2D eigenvalue weighted by molar-refractivity contribution is 0.102. The number of hydrogen-bond donors (Lipinski definition) is 1. The molecule has 2 aromatic carbocycles. The van der Waals surface area contributed by atoms with Gasteiger partial charge < -0.3 is 10.1 Å². The van der Waals surface area contributed by atoms with Gasteiger partial charge >= 0.3 is 0 Å². The van der Waals surface area contributed by atoms with E-state index in [-0.39, 0.29) is 5.91 Å². The Morgan fingerprint density at radius 1 is 1.17 bits per heavy atom. The van der Waals surface area contributed by atoms with E-state index in [4.69, 9.17) is 4.74 Å². The summed E-state index contributed by atoms with van der Waals surface area (Å²) in [5.41, 5.74) is 2.73. The van der Waals surface area contributed by atoms with E-state index in [9.17, 15) is 4.79 Å². The third-order valence-electron chi connectivity index (χ3n) is 3.56. The number of aryl methyl sites for hydroxylation is 2. The molecule has 3 rings (SSSR count). The van der Waals surface area contributed by atoms with Gasteiger partial charge in [-0.3, -0.25) is 9.48 Å². The number of nitrogens with zero attached hydrogens (tertiary/aromatic N) is 2. The number of carbonyl (C=O) groups excluding carboxylic acids is 1. The molecule has 1 N–H and O–H groups in total. The zero-order chi connectivity index (χ0) is 16.9. The standard InChI is InChI=1S/C19H19N3O2/c1-14-6-5-7-15(12-14)13-24-17-9-4-3-8-16(17)19(23)20-18-10-11-22(2)21-18/h3-12H,13H2,1-2H3,(H,20,21,23). The Morgan fingerprint density at radius 3 is 2.75 bits per heavy atom. The van der Waals surface area contributed by atoms with Crippen LogP contribution in [0.4, 0.5) is 5.82 Å².